The van der Waals surface area contributed by atoms with E-state index in [0.29, 0.717) is 43.0 Å². The summed E-state index contributed by atoms with van der Waals surface area (Å²) in [4.78, 5) is 20.4. The van der Waals surface area contributed by atoms with Gasteiger partial charge in [-0.2, -0.15) is 4.31 Å². The first-order chi connectivity index (χ1) is 28.8. The number of aliphatic hydroxyl groups is 2. The number of carbonyl (C=O) groups excluding carboxylic acids is 1. The molecule has 1 saturated carbocycles. The molecule has 2 aliphatic heterocycles. The standard InChI is InChI=1S/C46H66N4O9S/c1-7-21-50(60(54,55)36-18-15-34(16-19-36)47-32(3)53)42-31-40(48-59-45(4,5)6)38-29-33(13-9-11-25-51)37(14-10-12-26-52)43-39-30-35(56-28-24-49-22-23-49)17-20-41(39)58-46(42,44(38)43)57-27-8-2/h8,15-20,29-30,33,37,42-44,51-52H,2,7,9-14,21-28,31H2,1,3-6H3,(H,47,53)/t33-,37+,42-,43+,44+,46+/m0/s1. The van der Waals surface area contributed by atoms with Gasteiger partial charge in [0, 0.05) is 69.9 Å². The molecule has 2 aliphatic carbocycles. The number of aliphatic hydroxyl groups excluding tert-OH is 2. The number of nitrogens with one attached hydrogen (secondary N) is 1. The topological polar surface area (TPSA) is 159 Å². The Labute approximate surface area is 356 Å². The molecule has 6 rings (SSSR count). The van der Waals surface area contributed by atoms with Crippen molar-refractivity contribution < 1.29 is 42.5 Å². The van der Waals surface area contributed by atoms with E-state index in [-0.39, 0.29) is 61.3 Å². The van der Waals surface area contributed by atoms with Crippen molar-refractivity contribution in [2.45, 2.75) is 114 Å². The molecule has 60 heavy (non-hydrogen) atoms. The highest BCUT2D eigenvalue weighted by Crippen LogP contribution is 2.62. The van der Waals surface area contributed by atoms with E-state index in [9.17, 15) is 15.0 Å². The van der Waals surface area contributed by atoms with Crippen LogP contribution in [0.3, 0.4) is 0 Å². The predicted molar refractivity (Wildman–Crippen MR) is 233 cm³/mol. The van der Waals surface area contributed by atoms with Crippen molar-refractivity contribution in [1.29, 1.82) is 0 Å². The first-order valence-corrected chi connectivity index (χ1v) is 23.2. The maximum absolute atomic E-state index is 15.2. The number of rotatable bonds is 22. The Balaban J connectivity index is 1.59. The summed E-state index contributed by atoms with van der Waals surface area (Å²) in [6.07, 6.45) is 9.14. The highest BCUT2D eigenvalue weighted by molar-refractivity contribution is 7.89. The van der Waals surface area contributed by atoms with Gasteiger partial charge >= 0.3 is 0 Å². The fourth-order valence-corrected chi connectivity index (χ4v) is 10.9. The van der Waals surface area contributed by atoms with Gasteiger partial charge in [-0.15, -0.1) is 6.58 Å². The summed E-state index contributed by atoms with van der Waals surface area (Å²) in [5.41, 5.74) is 2.36. The molecule has 1 amide bonds. The molecule has 2 heterocycles. The van der Waals surface area contributed by atoms with Gasteiger partial charge in [0.25, 0.3) is 0 Å². The number of hydrogen-bond acceptors (Lipinski definition) is 11. The highest BCUT2D eigenvalue weighted by atomic mass is 32.2. The Morgan fingerprint density at radius 1 is 1.08 bits per heavy atom. The molecular formula is C46H66N4O9S. The van der Waals surface area contributed by atoms with Gasteiger partial charge in [-0.05, 0) is 113 Å². The quantitative estimate of drug-likeness (QED) is 0.0494. The van der Waals surface area contributed by atoms with Gasteiger partial charge in [0.05, 0.1) is 29.2 Å². The number of unbranched alkanes of at least 4 members (excludes halogenated alkanes) is 2. The molecule has 1 saturated heterocycles. The molecule has 330 valence electrons. The third-order valence-electron chi connectivity index (χ3n) is 11.9. The lowest BCUT2D eigenvalue weighted by Crippen LogP contribution is -2.70. The molecule has 0 radical (unpaired) electrons. The van der Waals surface area contributed by atoms with Gasteiger partial charge in [-0.25, -0.2) is 8.42 Å². The number of oxime groups is 1. The van der Waals surface area contributed by atoms with Crippen molar-refractivity contribution in [3.05, 3.63) is 72.3 Å². The number of anilines is 1. The molecule has 0 bridgehead atoms. The van der Waals surface area contributed by atoms with Crippen LogP contribution in [0.4, 0.5) is 5.69 Å². The van der Waals surface area contributed by atoms with Gasteiger partial charge in [0.2, 0.25) is 21.7 Å². The van der Waals surface area contributed by atoms with Gasteiger partial charge in [-0.1, -0.05) is 37.1 Å². The minimum absolute atomic E-state index is 0.0345. The molecule has 2 fully saturated rings. The largest absolute Gasteiger partial charge is 0.492 e. The van der Waals surface area contributed by atoms with Crippen molar-refractivity contribution in [2.75, 3.05) is 57.9 Å². The van der Waals surface area contributed by atoms with E-state index in [4.69, 9.17) is 24.2 Å². The third-order valence-corrected chi connectivity index (χ3v) is 13.8. The van der Waals surface area contributed by atoms with Crippen molar-refractivity contribution in [3.8, 4) is 11.5 Å². The number of allylic oxidation sites excluding steroid dienone is 1. The molecule has 13 nitrogen and oxygen atoms in total. The van der Waals surface area contributed by atoms with Crippen LogP contribution in [0.2, 0.25) is 0 Å². The lowest BCUT2D eigenvalue weighted by atomic mass is 9.55. The summed E-state index contributed by atoms with van der Waals surface area (Å²) in [6.45, 7) is 17.1. The van der Waals surface area contributed by atoms with Gasteiger partial charge < -0.3 is 34.6 Å². The molecule has 3 N–H and O–H groups in total. The van der Waals surface area contributed by atoms with Crippen LogP contribution < -0.4 is 14.8 Å². The van der Waals surface area contributed by atoms with E-state index >= 15 is 8.42 Å². The minimum Gasteiger partial charge on any atom is -0.492 e. The van der Waals surface area contributed by atoms with Crippen LogP contribution in [0.5, 0.6) is 11.5 Å². The zero-order chi connectivity index (χ0) is 43.1. The zero-order valence-corrected chi connectivity index (χ0v) is 36.9. The van der Waals surface area contributed by atoms with Crippen LogP contribution in [0.15, 0.2) is 76.8 Å². The van der Waals surface area contributed by atoms with Crippen molar-refractivity contribution in [3.63, 3.8) is 0 Å². The fraction of sp³-hybridized carbons (Fsp3) is 0.609. The number of nitrogens with zero attached hydrogens (tertiary/aromatic N) is 3. The molecule has 2 aromatic carbocycles. The van der Waals surface area contributed by atoms with E-state index in [2.05, 4.69) is 28.9 Å². The molecule has 2 aromatic rings. The first-order valence-electron chi connectivity index (χ1n) is 21.8. The molecule has 6 atom stereocenters. The number of amides is 1. The second-order valence-electron chi connectivity index (χ2n) is 17.5. The highest BCUT2D eigenvalue weighted by Gasteiger charge is 2.66. The number of carbonyl (C=O) groups is 1. The monoisotopic (exact) mass is 850 g/mol. The minimum atomic E-state index is -4.22. The normalized spacial score (nSPS) is 25.5. The van der Waals surface area contributed by atoms with Gasteiger partial charge in [0.1, 0.15) is 23.7 Å². The van der Waals surface area contributed by atoms with Gasteiger partial charge in [0.15, 0.2) is 0 Å². The van der Waals surface area contributed by atoms with E-state index in [0.717, 1.165) is 62.2 Å². The van der Waals surface area contributed by atoms with Crippen molar-refractivity contribution >= 4 is 27.3 Å². The van der Waals surface area contributed by atoms with Crippen LogP contribution >= 0.6 is 0 Å². The Kier molecular flexibility index (Phi) is 15.2. The molecular weight excluding hydrogens is 785 g/mol. The second kappa shape index (κ2) is 19.9. The lowest BCUT2D eigenvalue weighted by molar-refractivity contribution is -0.251. The summed E-state index contributed by atoms with van der Waals surface area (Å²) < 4.78 is 52.5. The SMILES string of the molecule is C=CCO[C@@]12Oc3ccc(OCCN4CC4)cc3[C@H]3[C@H](CCCCO)[C@@H](CCCCO)C=C(C(=NOC(C)(C)C)C[C@@H]1N(CCC)S(=O)(=O)c1ccc(NC(C)=O)cc1)[C@H]32. The summed E-state index contributed by atoms with van der Waals surface area (Å²) in [5.74, 6) is -1.14. The number of sulfonamides is 1. The predicted octanol–water partition coefficient (Wildman–Crippen LogP) is 6.87. The second-order valence-corrected chi connectivity index (χ2v) is 19.4. The van der Waals surface area contributed by atoms with E-state index < -0.39 is 33.4 Å². The molecule has 0 aromatic heterocycles. The Bertz CT molecular complexity index is 1960. The number of hydrogen-bond donors (Lipinski definition) is 3. The third kappa shape index (κ3) is 10.4. The maximum atomic E-state index is 15.2. The van der Waals surface area contributed by atoms with Crippen LogP contribution in [-0.2, 0) is 24.4 Å². The van der Waals surface area contributed by atoms with Crippen LogP contribution in [0, 0.1) is 17.8 Å². The molecule has 0 spiro atoms. The molecule has 4 aliphatic rings. The fourth-order valence-electron chi connectivity index (χ4n) is 9.20. The Morgan fingerprint density at radius 2 is 1.80 bits per heavy atom. The summed E-state index contributed by atoms with van der Waals surface area (Å²) in [5, 5.41) is 27.4. The summed E-state index contributed by atoms with van der Waals surface area (Å²) in [6, 6.07) is 11.2. The first kappa shape index (κ1) is 45.7. The molecule has 0 unspecified atom stereocenters. The van der Waals surface area contributed by atoms with Crippen LogP contribution in [0.25, 0.3) is 0 Å². The number of benzene rings is 2. The van der Waals surface area contributed by atoms with Crippen molar-refractivity contribution in [1.82, 2.24) is 9.21 Å². The Hall–Kier alpha value is -3.79. The average Bonchev–Trinajstić information content (AvgIpc) is 4.04. The zero-order valence-electron chi connectivity index (χ0n) is 36.1. The number of ether oxygens (including phenoxy) is 3. The maximum Gasteiger partial charge on any atom is 0.243 e. The lowest BCUT2D eigenvalue weighted by Gasteiger charge is -2.59. The van der Waals surface area contributed by atoms with E-state index in [1.54, 1.807) is 18.2 Å². The van der Waals surface area contributed by atoms with Crippen LogP contribution in [0.1, 0.15) is 97.5 Å². The van der Waals surface area contributed by atoms with E-state index in [1.807, 2.05) is 39.8 Å². The summed E-state index contributed by atoms with van der Waals surface area (Å²) >= 11 is 0. The van der Waals surface area contributed by atoms with Crippen LogP contribution in [-0.4, -0.2) is 109 Å². The van der Waals surface area contributed by atoms with Gasteiger partial charge in [-0.3, -0.25) is 9.69 Å². The Morgan fingerprint density at radius 3 is 2.43 bits per heavy atom. The molecule has 14 heteroatoms. The average molecular weight is 851 g/mol. The smallest absolute Gasteiger partial charge is 0.243 e. The van der Waals surface area contributed by atoms with Crippen molar-refractivity contribution in [2.24, 2.45) is 22.9 Å². The summed E-state index contributed by atoms with van der Waals surface area (Å²) in [7, 11) is -4.22. The van der Waals surface area contributed by atoms with E-state index in [1.165, 1.54) is 23.4 Å². The number of fused-ring (bicyclic) bond motifs is 2.